The summed E-state index contributed by atoms with van der Waals surface area (Å²) in [4.78, 5) is 11.9. The molecule has 5 nitrogen and oxygen atoms in total. The third kappa shape index (κ3) is 3.78. The summed E-state index contributed by atoms with van der Waals surface area (Å²) in [6.07, 6.45) is 1.22. The number of benzene rings is 1. The number of rotatable bonds is 4. The molecule has 1 heterocycles. The average Bonchev–Trinajstić information content (AvgIpc) is 2.73. The van der Waals surface area contributed by atoms with Crippen molar-refractivity contribution in [3.05, 3.63) is 29.8 Å². The lowest BCUT2D eigenvalue weighted by Crippen LogP contribution is -2.23. The maximum Gasteiger partial charge on any atom is 0.228 e. The fourth-order valence-electron chi connectivity index (χ4n) is 2.17. The highest BCUT2D eigenvalue weighted by molar-refractivity contribution is 7.91. The minimum absolute atomic E-state index is 0.0376. The molecule has 104 valence electrons. The van der Waals surface area contributed by atoms with Gasteiger partial charge < -0.3 is 11.1 Å². The molecule has 0 saturated carbocycles. The number of sulfone groups is 1. The molecule has 1 amide bonds. The number of hydrogen-bond acceptors (Lipinski definition) is 4. The van der Waals surface area contributed by atoms with Crippen LogP contribution < -0.4 is 11.1 Å². The molecule has 3 N–H and O–H groups in total. The molecular formula is C13H18N2O3S. The van der Waals surface area contributed by atoms with E-state index in [4.69, 9.17) is 5.73 Å². The van der Waals surface area contributed by atoms with E-state index in [0.29, 0.717) is 18.7 Å². The molecule has 1 fully saturated rings. The number of nitrogens with one attached hydrogen (secondary N) is 1. The van der Waals surface area contributed by atoms with Crippen LogP contribution in [0, 0.1) is 5.92 Å². The minimum atomic E-state index is -3.02. The fraction of sp³-hybridized carbons (Fsp3) is 0.462. The molecule has 1 unspecified atom stereocenters. The number of hydrogen-bond donors (Lipinski definition) is 2. The Bertz CT molecular complexity index is 552. The molecule has 0 spiro atoms. The first-order valence-electron chi connectivity index (χ1n) is 6.30. The van der Waals surface area contributed by atoms with E-state index in [9.17, 15) is 13.2 Å². The maximum absolute atomic E-state index is 11.9. The van der Waals surface area contributed by atoms with Crippen molar-refractivity contribution in [2.24, 2.45) is 11.7 Å². The maximum atomic E-state index is 11.9. The average molecular weight is 282 g/mol. The largest absolute Gasteiger partial charge is 0.330 e. The number of carbonyl (C=O) groups is 1. The lowest BCUT2D eigenvalue weighted by Gasteiger charge is -2.10. The van der Waals surface area contributed by atoms with Gasteiger partial charge in [0.05, 0.1) is 17.4 Å². The summed E-state index contributed by atoms with van der Waals surface area (Å²) >= 11 is 0. The first kappa shape index (κ1) is 14.0. The lowest BCUT2D eigenvalue weighted by atomic mass is 10.1. The molecule has 0 bridgehead atoms. The van der Waals surface area contributed by atoms with Crippen molar-refractivity contribution in [1.29, 1.82) is 0 Å². The number of amides is 1. The zero-order valence-corrected chi connectivity index (χ0v) is 11.4. The molecule has 1 aromatic carbocycles. The molecule has 1 aliphatic rings. The summed E-state index contributed by atoms with van der Waals surface area (Å²) in [5, 5.41) is 2.76. The van der Waals surface area contributed by atoms with Gasteiger partial charge in [-0.15, -0.1) is 0 Å². The van der Waals surface area contributed by atoms with E-state index in [1.807, 2.05) is 24.3 Å². The van der Waals surface area contributed by atoms with E-state index in [-0.39, 0.29) is 17.4 Å². The predicted octanol–water partition coefficient (Wildman–Crippen LogP) is 0.561. The van der Waals surface area contributed by atoms with Crippen molar-refractivity contribution < 1.29 is 13.2 Å². The van der Waals surface area contributed by atoms with Crippen LogP contribution in [0.4, 0.5) is 5.69 Å². The topological polar surface area (TPSA) is 89.3 Å². The monoisotopic (exact) mass is 282 g/mol. The van der Waals surface area contributed by atoms with Crippen LogP contribution in [0.5, 0.6) is 0 Å². The van der Waals surface area contributed by atoms with Crippen LogP contribution in [0.2, 0.25) is 0 Å². The molecule has 6 heteroatoms. The van der Waals surface area contributed by atoms with E-state index in [1.54, 1.807) is 0 Å². The summed E-state index contributed by atoms with van der Waals surface area (Å²) in [6, 6.07) is 7.44. The van der Waals surface area contributed by atoms with Crippen LogP contribution in [0.1, 0.15) is 12.0 Å². The number of anilines is 1. The molecule has 19 heavy (non-hydrogen) atoms. The van der Waals surface area contributed by atoms with Gasteiger partial charge in [-0.25, -0.2) is 8.42 Å². The van der Waals surface area contributed by atoms with Gasteiger partial charge in [0.1, 0.15) is 0 Å². The molecule has 1 aliphatic heterocycles. The highest BCUT2D eigenvalue weighted by Crippen LogP contribution is 2.20. The Hall–Kier alpha value is -1.40. The lowest BCUT2D eigenvalue weighted by molar-refractivity contribution is -0.119. The Morgan fingerprint density at radius 2 is 2.00 bits per heavy atom. The molecule has 0 aliphatic carbocycles. The Morgan fingerprint density at radius 1 is 1.32 bits per heavy atom. The standard InChI is InChI=1S/C13H18N2O3S/c14-7-5-10-1-3-12(4-2-10)15-13(16)11-6-8-19(17,18)9-11/h1-4,11H,5-9,14H2,(H,15,16). The first-order valence-corrected chi connectivity index (χ1v) is 8.12. The fourth-order valence-corrected chi connectivity index (χ4v) is 3.91. The van der Waals surface area contributed by atoms with E-state index in [0.717, 1.165) is 12.0 Å². The second-order valence-electron chi connectivity index (χ2n) is 4.82. The van der Waals surface area contributed by atoms with Crippen molar-refractivity contribution >= 4 is 21.4 Å². The van der Waals surface area contributed by atoms with Gasteiger partial charge in [-0.05, 0) is 37.1 Å². The quantitative estimate of drug-likeness (QED) is 0.844. The first-order chi connectivity index (χ1) is 9.00. The van der Waals surface area contributed by atoms with Crippen LogP contribution in [-0.4, -0.2) is 32.4 Å². The Labute approximate surface area is 113 Å². The van der Waals surface area contributed by atoms with E-state index < -0.39 is 15.8 Å². The van der Waals surface area contributed by atoms with Gasteiger partial charge in [-0.3, -0.25) is 4.79 Å². The van der Waals surface area contributed by atoms with Crippen LogP contribution in [-0.2, 0) is 21.1 Å². The van der Waals surface area contributed by atoms with Crippen LogP contribution in [0.3, 0.4) is 0 Å². The third-order valence-corrected chi connectivity index (χ3v) is 5.03. The second kappa shape index (κ2) is 5.71. The number of carbonyl (C=O) groups excluding carboxylic acids is 1. The van der Waals surface area contributed by atoms with Gasteiger partial charge in [0.15, 0.2) is 9.84 Å². The molecule has 2 rings (SSSR count). The normalized spacial score (nSPS) is 21.2. The van der Waals surface area contributed by atoms with Crippen molar-refractivity contribution in [3.8, 4) is 0 Å². The van der Waals surface area contributed by atoms with Gasteiger partial charge in [0, 0.05) is 5.69 Å². The van der Waals surface area contributed by atoms with Crippen molar-refractivity contribution in [1.82, 2.24) is 0 Å². The van der Waals surface area contributed by atoms with Gasteiger partial charge in [0.2, 0.25) is 5.91 Å². The summed E-state index contributed by atoms with van der Waals surface area (Å²) in [7, 11) is -3.02. The number of nitrogens with two attached hydrogens (primary N) is 1. The zero-order chi connectivity index (χ0) is 13.9. The summed E-state index contributed by atoms with van der Waals surface area (Å²) < 4.78 is 22.6. The second-order valence-corrected chi connectivity index (χ2v) is 7.05. The van der Waals surface area contributed by atoms with E-state index in [1.165, 1.54) is 0 Å². The molecular weight excluding hydrogens is 264 g/mol. The van der Waals surface area contributed by atoms with Crippen LogP contribution >= 0.6 is 0 Å². The Kier molecular flexibility index (Phi) is 4.21. The minimum Gasteiger partial charge on any atom is -0.330 e. The van der Waals surface area contributed by atoms with Crippen LogP contribution in [0.25, 0.3) is 0 Å². The molecule has 1 aromatic rings. The van der Waals surface area contributed by atoms with Gasteiger partial charge >= 0.3 is 0 Å². The predicted molar refractivity (Wildman–Crippen MR) is 74.6 cm³/mol. The van der Waals surface area contributed by atoms with Crippen molar-refractivity contribution in [2.45, 2.75) is 12.8 Å². The Morgan fingerprint density at radius 3 is 2.53 bits per heavy atom. The molecule has 0 aromatic heterocycles. The summed E-state index contributed by atoms with van der Waals surface area (Å²) in [5.74, 6) is -0.564. The highest BCUT2D eigenvalue weighted by atomic mass is 32.2. The van der Waals surface area contributed by atoms with Crippen molar-refractivity contribution in [2.75, 3.05) is 23.4 Å². The highest BCUT2D eigenvalue weighted by Gasteiger charge is 2.32. The SMILES string of the molecule is NCCc1ccc(NC(=O)C2CCS(=O)(=O)C2)cc1. The van der Waals surface area contributed by atoms with E-state index >= 15 is 0 Å². The third-order valence-electron chi connectivity index (χ3n) is 3.26. The van der Waals surface area contributed by atoms with Crippen LogP contribution in [0.15, 0.2) is 24.3 Å². The van der Waals surface area contributed by atoms with Gasteiger partial charge in [-0.2, -0.15) is 0 Å². The summed E-state index contributed by atoms with van der Waals surface area (Å²) in [5.41, 5.74) is 7.27. The Balaban J connectivity index is 1.95. The smallest absolute Gasteiger partial charge is 0.228 e. The molecule has 0 radical (unpaired) electrons. The molecule has 1 atom stereocenters. The van der Waals surface area contributed by atoms with Gasteiger partial charge in [-0.1, -0.05) is 12.1 Å². The van der Waals surface area contributed by atoms with Crippen molar-refractivity contribution in [3.63, 3.8) is 0 Å². The van der Waals surface area contributed by atoms with Gasteiger partial charge in [0.25, 0.3) is 0 Å². The zero-order valence-electron chi connectivity index (χ0n) is 10.6. The molecule has 1 saturated heterocycles. The van der Waals surface area contributed by atoms with E-state index in [2.05, 4.69) is 5.32 Å². The summed E-state index contributed by atoms with van der Waals surface area (Å²) in [6.45, 7) is 0.589.